The molecule has 2 rings (SSSR count). The number of nitrogens with zero attached hydrogens (tertiary/aromatic N) is 2. The first-order valence-electron chi connectivity index (χ1n) is 8.58. The molecule has 0 radical (unpaired) electrons. The highest BCUT2D eigenvalue weighted by molar-refractivity contribution is 5.30. The first-order valence-corrected chi connectivity index (χ1v) is 8.58. The Morgan fingerprint density at radius 1 is 1.24 bits per heavy atom. The van der Waals surface area contributed by atoms with E-state index in [-0.39, 0.29) is 0 Å². The van der Waals surface area contributed by atoms with E-state index in [1.165, 1.54) is 29.8 Å². The van der Waals surface area contributed by atoms with Crippen molar-refractivity contribution in [1.29, 1.82) is 0 Å². The standard InChI is InChI=1S/C17H31N3O/c1-5-14(18-4)17-15(6-2)19-20(16(17)7-3)12-13-8-10-21-11-9-13/h13-14,18H,5-12H2,1-4H3. The number of hydrogen-bond donors (Lipinski definition) is 1. The quantitative estimate of drug-likeness (QED) is 0.839. The second-order valence-electron chi connectivity index (χ2n) is 6.00. The zero-order valence-corrected chi connectivity index (χ0v) is 14.1. The van der Waals surface area contributed by atoms with Gasteiger partial charge >= 0.3 is 0 Å². The second-order valence-corrected chi connectivity index (χ2v) is 6.00. The maximum absolute atomic E-state index is 5.48. The van der Waals surface area contributed by atoms with Crippen LogP contribution in [0.5, 0.6) is 0 Å². The minimum Gasteiger partial charge on any atom is -0.381 e. The fourth-order valence-corrected chi connectivity index (χ4v) is 3.48. The minimum absolute atomic E-state index is 0.429. The van der Waals surface area contributed by atoms with Crippen molar-refractivity contribution in [2.24, 2.45) is 5.92 Å². The number of ether oxygens (including phenoxy) is 1. The monoisotopic (exact) mass is 293 g/mol. The van der Waals surface area contributed by atoms with E-state index in [9.17, 15) is 0 Å². The molecule has 0 spiro atoms. The molecule has 0 bridgehead atoms. The van der Waals surface area contributed by atoms with E-state index in [0.717, 1.165) is 44.9 Å². The zero-order valence-electron chi connectivity index (χ0n) is 14.1. The Bertz CT molecular complexity index is 431. The van der Waals surface area contributed by atoms with Crippen molar-refractivity contribution in [3.63, 3.8) is 0 Å². The first kappa shape index (κ1) is 16.5. The Morgan fingerprint density at radius 2 is 1.95 bits per heavy atom. The molecule has 0 saturated carbocycles. The molecule has 120 valence electrons. The van der Waals surface area contributed by atoms with Gasteiger partial charge < -0.3 is 10.1 Å². The van der Waals surface area contributed by atoms with E-state index in [4.69, 9.17) is 9.84 Å². The van der Waals surface area contributed by atoms with Crippen molar-refractivity contribution in [2.75, 3.05) is 20.3 Å². The summed E-state index contributed by atoms with van der Waals surface area (Å²) < 4.78 is 7.77. The molecule has 1 aromatic heterocycles. The third-order valence-electron chi connectivity index (χ3n) is 4.72. The molecule has 21 heavy (non-hydrogen) atoms. The van der Waals surface area contributed by atoms with Crippen molar-refractivity contribution in [2.45, 2.75) is 65.5 Å². The van der Waals surface area contributed by atoms with Crippen molar-refractivity contribution >= 4 is 0 Å². The lowest BCUT2D eigenvalue weighted by atomic mass is 9.98. The lowest BCUT2D eigenvalue weighted by Gasteiger charge is -2.23. The first-order chi connectivity index (χ1) is 10.2. The predicted octanol–water partition coefficient (Wildman–Crippen LogP) is 3.11. The molecule has 1 unspecified atom stereocenters. The van der Waals surface area contributed by atoms with Crippen molar-refractivity contribution in [1.82, 2.24) is 15.1 Å². The predicted molar refractivity (Wildman–Crippen MR) is 86.6 cm³/mol. The summed E-state index contributed by atoms with van der Waals surface area (Å²) in [7, 11) is 2.06. The molecule has 4 nitrogen and oxygen atoms in total. The van der Waals surface area contributed by atoms with Gasteiger partial charge in [0.1, 0.15) is 0 Å². The Hall–Kier alpha value is -0.870. The molecule has 0 amide bonds. The van der Waals surface area contributed by atoms with Crippen LogP contribution in [0.15, 0.2) is 0 Å². The van der Waals surface area contributed by atoms with E-state index in [1.807, 2.05) is 0 Å². The summed E-state index contributed by atoms with van der Waals surface area (Å²) in [6.45, 7) is 9.59. The molecule has 1 aliphatic rings. The average Bonchev–Trinajstić information content (AvgIpc) is 2.87. The highest BCUT2D eigenvalue weighted by atomic mass is 16.5. The molecular formula is C17H31N3O. The normalized spacial score (nSPS) is 18.1. The van der Waals surface area contributed by atoms with Crippen molar-refractivity contribution in [3.05, 3.63) is 17.0 Å². The summed E-state index contributed by atoms with van der Waals surface area (Å²) >= 11 is 0. The third-order valence-corrected chi connectivity index (χ3v) is 4.72. The molecule has 1 atom stereocenters. The van der Waals surface area contributed by atoms with Crippen LogP contribution in [0.4, 0.5) is 0 Å². The molecule has 1 N–H and O–H groups in total. The highest BCUT2D eigenvalue weighted by Crippen LogP contribution is 2.27. The number of nitrogens with one attached hydrogen (secondary N) is 1. The van der Waals surface area contributed by atoms with Crippen LogP contribution in [0, 0.1) is 5.92 Å². The molecule has 1 aliphatic heterocycles. The molecule has 0 aliphatic carbocycles. The number of aryl methyl sites for hydroxylation is 1. The molecule has 1 saturated heterocycles. The lowest BCUT2D eigenvalue weighted by Crippen LogP contribution is -2.22. The van der Waals surface area contributed by atoms with Crippen LogP contribution < -0.4 is 5.32 Å². The molecule has 1 aromatic rings. The topological polar surface area (TPSA) is 39.1 Å². The Kier molecular flexibility index (Phi) is 6.24. The Labute approximate surface area is 129 Å². The number of hydrogen-bond acceptors (Lipinski definition) is 3. The number of aromatic nitrogens is 2. The van der Waals surface area contributed by atoms with Gasteiger partial charge in [-0.15, -0.1) is 0 Å². The van der Waals surface area contributed by atoms with E-state index >= 15 is 0 Å². The largest absolute Gasteiger partial charge is 0.381 e. The maximum Gasteiger partial charge on any atom is 0.0672 e. The van der Waals surface area contributed by atoms with Gasteiger partial charge in [0.15, 0.2) is 0 Å². The van der Waals surface area contributed by atoms with Crippen LogP contribution in [0.3, 0.4) is 0 Å². The average molecular weight is 293 g/mol. The van der Waals surface area contributed by atoms with E-state index in [0.29, 0.717) is 6.04 Å². The summed E-state index contributed by atoms with van der Waals surface area (Å²) in [5, 5.41) is 8.41. The third kappa shape index (κ3) is 3.67. The van der Waals surface area contributed by atoms with E-state index in [2.05, 4.69) is 37.8 Å². The van der Waals surface area contributed by atoms with Gasteiger partial charge in [-0.1, -0.05) is 20.8 Å². The fourth-order valence-electron chi connectivity index (χ4n) is 3.48. The van der Waals surface area contributed by atoms with Gasteiger partial charge in [-0.2, -0.15) is 5.10 Å². The minimum atomic E-state index is 0.429. The van der Waals surface area contributed by atoms with Crippen LogP contribution in [0.25, 0.3) is 0 Å². The Morgan fingerprint density at radius 3 is 2.48 bits per heavy atom. The van der Waals surface area contributed by atoms with Gasteiger partial charge in [0, 0.05) is 37.1 Å². The van der Waals surface area contributed by atoms with Gasteiger partial charge in [0.05, 0.1) is 5.69 Å². The SMILES string of the molecule is CCc1nn(CC2CCOCC2)c(CC)c1C(CC)NC. The van der Waals surface area contributed by atoms with Crippen LogP contribution >= 0.6 is 0 Å². The van der Waals surface area contributed by atoms with Gasteiger partial charge in [0.25, 0.3) is 0 Å². The van der Waals surface area contributed by atoms with Crippen LogP contribution in [-0.4, -0.2) is 30.0 Å². The summed E-state index contributed by atoms with van der Waals surface area (Å²) in [4.78, 5) is 0. The van der Waals surface area contributed by atoms with Crippen LogP contribution in [-0.2, 0) is 24.1 Å². The second kappa shape index (κ2) is 7.95. The molecular weight excluding hydrogens is 262 g/mol. The summed E-state index contributed by atoms with van der Waals surface area (Å²) in [5.74, 6) is 0.719. The van der Waals surface area contributed by atoms with Gasteiger partial charge in [-0.25, -0.2) is 0 Å². The van der Waals surface area contributed by atoms with Crippen LogP contribution in [0.2, 0.25) is 0 Å². The van der Waals surface area contributed by atoms with Crippen LogP contribution in [0.1, 0.15) is 63.0 Å². The zero-order chi connectivity index (χ0) is 15.2. The van der Waals surface area contributed by atoms with E-state index < -0.39 is 0 Å². The summed E-state index contributed by atoms with van der Waals surface area (Å²) in [6, 6.07) is 0.429. The van der Waals surface area contributed by atoms with Gasteiger partial charge in [0.2, 0.25) is 0 Å². The molecule has 1 fully saturated rings. The maximum atomic E-state index is 5.48. The lowest BCUT2D eigenvalue weighted by molar-refractivity contribution is 0.0598. The fraction of sp³-hybridized carbons (Fsp3) is 0.824. The van der Waals surface area contributed by atoms with Gasteiger partial charge in [-0.05, 0) is 45.1 Å². The summed E-state index contributed by atoms with van der Waals surface area (Å²) in [6.07, 6.45) is 5.52. The van der Waals surface area contributed by atoms with Crippen molar-refractivity contribution in [3.8, 4) is 0 Å². The summed E-state index contributed by atoms with van der Waals surface area (Å²) in [5.41, 5.74) is 4.16. The molecule has 2 heterocycles. The van der Waals surface area contributed by atoms with E-state index in [1.54, 1.807) is 0 Å². The van der Waals surface area contributed by atoms with Crippen molar-refractivity contribution < 1.29 is 4.74 Å². The molecule has 4 heteroatoms. The Balaban J connectivity index is 2.28. The van der Waals surface area contributed by atoms with Gasteiger partial charge in [-0.3, -0.25) is 4.68 Å². The smallest absolute Gasteiger partial charge is 0.0672 e. The highest BCUT2D eigenvalue weighted by Gasteiger charge is 2.23. The molecule has 0 aromatic carbocycles. The number of rotatable bonds is 7.